The van der Waals surface area contributed by atoms with Gasteiger partial charge in [-0.25, -0.2) is 4.79 Å². The van der Waals surface area contributed by atoms with Crippen molar-refractivity contribution in [2.45, 2.75) is 33.9 Å². The van der Waals surface area contributed by atoms with Crippen LogP contribution in [-0.4, -0.2) is 32.7 Å². The van der Waals surface area contributed by atoms with Crippen LogP contribution in [0.25, 0.3) is 0 Å². The third-order valence-electron chi connectivity index (χ3n) is 5.38. The van der Waals surface area contributed by atoms with Crippen LogP contribution in [0, 0.1) is 16.0 Å². The van der Waals surface area contributed by atoms with E-state index >= 15 is 0 Å². The van der Waals surface area contributed by atoms with Crippen molar-refractivity contribution in [3.63, 3.8) is 0 Å². The summed E-state index contributed by atoms with van der Waals surface area (Å²) < 4.78 is 0. The number of thioether (sulfide) groups is 1. The van der Waals surface area contributed by atoms with Gasteiger partial charge in [0.25, 0.3) is 5.69 Å². The first-order chi connectivity index (χ1) is 13.4. The highest BCUT2D eigenvalue weighted by Gasteiger charge is 2.52. The van der Waals surface area contributed by atoms with E-state index in [-0.39, 0.29) is 28.2 Å². The smallest absolute Gasteiger partial charge is 0.326 e. The lowest BCUT2D eigenvalue weighted by atomic mass is 9.79. The van der Waals surface area contributed by atoms with Gasteiger partial charge in [-0.2, -0.15) is 0 Å². The molecule has 1 heterocycles. The number of halogens is 2. The molecule has 6 nitrogen and oxygen atoms in total. The second kappa shape index (κ2) is 7.46. The minimum atomic E-state index is -0.934. The van der Waals surface area contributed by atoms with E-state index < -0.39 is 16.9 Å². The number of nitrogens with zero attached hydrogens (tertiary/aromatic N) is 1. The molecule has 0 bridgehead atoms. The van der Waals surface area contributed by atoms with Crippen molar-refractivity contribution in [2.75, 3.05) is 5.32 Å². The lowest BCUT2D eigenvalue weighted by Crippen LogP contribution is -2.42. The Morgan fingerprint density at radius 1 is 1.29 bits per heavy atom. The average molecular weight is 439 g/mol. The number of carboxylic acid groups (broad SMARTS) is 1. The predicted molar refractivity (Wildman–Crippen MR) is 110 cm³/mol. The first kappa shape index (κ1) is 19.4. The molecule has 9 heteroatoms. The van der Waals surface area contributed by atoms with Gasteiger partial charge in [0.1, 0.15) is 6.04 Å². The number of anilines is 1. The molecule has 5 atom stereocenters. The van der Waals surface area contributed by atoms with Crippen LogP contribution in [0.2, 0.25) is 5.02 Å². The Labute approximate surface area is 175 Å². The Morgan fingerprint density at radius 3 is 2.75 bits per heavy atom. The summed E-state index contributed by atoms with van der Waals surface area (Å²) in [4.78, 5) is 23.3. The molecular weight excluding hydrogens is 423 g/mol. The molecule has 4 rings (SSSR count). The van der Waals surface area contributed by atoms with Crippen molar-refractivity contribution >= 4 is 52.3 Å². The van der Waals surface area contributed by atoms with Crippen LogP contribution >= 0.6 is 35.0 Å². The largest absolute Gasteiger partial charge is 0.480 e. The molecule has 2 aliphatic rings. The standard InChI is InChI=1S/C19H16Cl2N2O4S/c20-9-5-6-12-10(7-9)16-11(18(22-12)19(24)25)8-15(17(16)21)28-14-4-2-1-3-13(14)23(26)27/h1-7,11,15-18,22H,8H2,(H,24,25)/t11-,15-,16-,17+,18+/m0/s1. The molecular formula is C19H16Cl2N2O4S. The summed E-state index contributed by atoms with van der Waals surface area (Å²) in [5.74, 6) is -1.36. The SMILES string of the molecule is O=C(O)[C@@H]1Nc2ccc(Cl)cc2[C@@H]2[C@H](Cl)[C@@H](Sc3ccccc3[N+](=O)[O-])C[C@@H]21. The molecule has 28 heavy (non-hydrogen) atoms. The highest BCUT2D eigenvalue weighted by molar-refractivity contribution is 8.00. The summed E-state index contributed by atoms with van der Waals surface area (Å²) >= 11 is 14.3. The molecule has 1 fully saturated rings. The number of nitrogens with one attached hydrogen (secondary N) is 1. The van der Waals surface area contributed by atoms with E-state index in [0.29, 0.717) is 16.3 Å². The van der Waals surface area contributed by atoms with Gasteiger partial charge < -0.3 is 10.4 Å². The Kier molecular flexibility index (Phi) is 5.16. The topological polar surface area (TPSA) is 92.5 Å². The molecule has 0 amide bonds. The van der Waals surface area contributed by atoms with E-state index in [1.165, 1.54) is 17.8 Å². The van der Waals surface area contributed by atoms with Crippen LogP contribution in [-0.2, 0) is 4.79 Å². The molecule has 2 aromatic rings. The Morgan fingerprint density at radius 2 is 2.04 bits per heavy atom. The number of para-hydroxylation sites is 1. The molecule has 0 saturated heterocycles. The summed E-state index contributed by atoms with van der Waals surface area (Å²) in [5, 5.41) is 24.2. The Hall–Kier alpha value is -1.96. The maximum absolute atomic E-state index is 11.9. The van der Waals surface area contributed by atoms with Crippen LogP contribution in [0.1, 0.15) is 17.9 Å². The van der Waals surface area contributed by atoms with Gasteiger partial charge in [-0.15, -0.1) is 23.4 Å². The third kappa shape index (κ3) is 3.32. The van der Waals surface area contributed by atoms with E-state index in [1.807, 2.05) is 6.07 Å². The van der Waals surface area contributed by atoms with Gasteiger partial charge >= 0.3 is 5.97 Å². The lowest BCUT2D eigenvalue weighted by Gasteiger charge is -2.35. The zero-order valence-electron chi connectivity index (χ0n) is 14.4. The van der Waals surface area contributed by atoms with Crippen LogP contribution in [0.4, 0.5) is 11.4 Å². The highest BCUT2D eigenvalue weighted by atomic mass is 35.5. The molecule has 0 aromatic heterocycles. The minimum absolute atomic E-state index is 0.0302. The Balaban J connectivity index is 1.70. The molecule has 1 aliphatic heterocycles. The average Bonchev–Trinajstić information content (AvgIpc) is 2.98. The molecule has 146 valence electrons. The molecule has 0 spiro atoms. The van der Waals surface area contributed by atoms with Gasteiger partial charge in [-0.3, -0.25) is 10.1 Å². The third-order valence-corrected chi connectivity index (χ3v) is 7.73. The summed E-state index contributed by atoms with van der Waals surface area (Å²) in [6.07, 6.45) is 0.533. The zero-order chi connectivity index (χ0) is 20.0. The van der Waals surface area contributed by atoms with Crippen LogP contribution < -0.4 is 5.32 Å². The second-order valence-electron chi connectivity index (χ2n) is 6.94. The van der Waals surface area contributed by atoms with E-state index in [2.05, 4.69) is 5.32 Å². The number of hydrogen-bond donors (Lipinski definition) is 2. The minimum Gasteiger partial charge on any atom is -0.480 e. The molecule has 0 unspecified atom stereocenters. The van der Waals surface area contributed by atoms with E-state index in [9.17, 15) is 20.0 Å². The second-order valence-corrected chi connectivity index (χ2v) is 9.16. The number of aliphatic carboxylic acids is 1. The number of carboxylic acids is 1. The maximum Gasteiger partial charge on any atom is 0.326 e. The normalized spacial score (nSPS) is 28.1. The van der Waals surface area contributed by atoms with Crippen molar-refractivity contribution in [3.8, 4) is 0 Å². The molecule has 2 aromatic carbocycles. The quantitative estimate of drug-likeness (QED) is 0.396. The molecule has 2 N–H and O–H groups in total. The van der Waals surface area contributed by atoms with Crippen molar-refractivity contribution in [2.24, 2.45) is 5.92 Å². The number of benzene rings is 2. The van der Waals surface area contributed by atoms with Crippen molar-refractivity contribution in [1.29, 1.82) is 0 Å². The fraction of sp³-hybridized carbons (Fsp3) is 0.316. The van der Waals surface area contributed by atoms with Crippen molar-refractivity contribution < 1.29 is 14.8 Å². The summed E-state index contributed by atoms with van der Waals surface area (Å²) in [5.41, 5.74) is 1.66. The number of nitro benzene ring substituents is 1. The van der Waals surface area contributed by atoms with E-state index in [1.54, 1.807) is 30.3 Å². The number of rotatable bonds is 4. The van der Waals surface area contributed by atoms with Gasteiger partial charge in [0.15, 0.2) is 0 Å². The van der Waals surface area contributed by atoms with Gasteiger partial charge in [0.2, 0.25) is 0 Å². The van der Waals surface area contributed by atoms with Gasteiger partial charge in [0.05, 0.1) is 15.2 Å². The fourth-order valence-electron chi connectivity index (χ4n) is 4.20. The lowest BCUT2D eigenvalue weighted by molar-refractivity contribution is -0.387. The Bertz CT molecular complexity index is 957. The molecule has 1 saturated carbocycles. The maximum atomic E-state index is 11.9. The first-order valence-electron chi connectivity index (χ1n) is 8.69. The van der Waals surface area contributed by atoms with E-state index in [4.69, 9.17) is 23.2 Å². The monoisotopic (exact) mass is 438 g/mol. The number of fused-ring (bicyclic) bond motifs is 3. The van der Waals surface area contributed by atoms with Crippen molar-refractivity contribution in [1.82, 2.24) is 0 Å². The zero-order valence-corrected chi connectivity index (χ0v) is 16.7. The first-order valence-corrected chi connectivity index (χ1v) is 10.4. The van der Waals surface area contributed by atoms with Crippen LogP contribution in [0.5, 0.6) is 0 Å². The number of alkyl halides is 1. The number of nitro groups is 1. The molecule has 1 aliphatic carbocycles. The van der Waals surface area contributed by atoms with Crippen molar-refractivity contribution in [3.05, 3.63) is 63.2 Å². The molecule has 0 radical (unpaired) electrons. The van der Waals surface area contributed by atoms with E-state index in [0.717, 1.165) is 11.3 Å². The van der Waals surface area contributed by atoms with Crippen LogP contribution in [0.3, 0.4) is 0 Å². The number of hydrogen-bond acceptors (Lipinski definition) is 5. The highest BCUT2D eigenvalue weighted by Crippen LogP contribution is 2.55. The summed E-state index contributed by atoms with van der Waals surface area (Å²) in [6.45, 7) is 0. The predicted octanol–water partition coefficient (Wildman–Crippen LogP) is 5.00. The van der Waals surface area contributed by atoms with Crippen LogP contribution in [0.15, 0.2) is 47.4 Å². The number of carbonyl (C=O) groups is 1. The summed E-state index contributed by atoms with van der Waals surface area (Å²) in [6, 6.07) is 11.1. The van der Waals surface area contributed by atoms with Gasteiger partial charge in [-0.05, 0) is 42.2 Å². The fourth-order valence-corrected chi connectivity index (χ4v) is 6.33. The summed E-state index contributed by atoms with van der Waals surface area (Å²) in [7, 11) is 0. The van der Waals surface area contributed by atoms with Gasteiger partial charge in [0, 0.05) is 27.9 Å². The van der Waals surface area contributed by atoms with Gasteiger partial charge in [-0.1, -0.05) is 23.7 Å².